The average Bonchev–Trinajstić information content (AvgIpc) is 2.88. The van der Waals surface area contributed by atoms with Crippen LogP contribution in [-0.4, -0.2) is 21.4 Å². The molecule has 0 unspecified atom stereocenters. The normalized spacial score (nSPS) is 15.5. The highest BCUT2D eigenvalue weighted by molar-refractivity contribution is 7.89. The van der Waals surface area contributed by atoms with Gasteiger partial charge in [0.2, 0.25) is 10.0 Å². The molecular weight excluding hydrogens is 338 g/mol. The first-order valence-electron chi connectivity index (χ1n) is 6.88. The Morgan fingerprint density at radius 3 is 2.62 bits per heavy atom. The number of anilines is 1. The van der Waals surface area contributed by atoms with E-state index in [0.29, 0.717) is 5.56 Å². The molecule has 0 radical (unpaired) electrons. The van der Waals surface area contributed by atoms with Gasteiger partial charge in [-0.15, -0.1) is 0 Å². The standard InChI is InChI=1S/C16H12F2N2O3S/c1-19-24(22,23)10-4-2-3-9(7-10)8-11-14-13(20-16(11)21)6-5-12(17)15(14)18/h2-8,19H,1H3,(H,20,21)/b11-8-. The van der Waals surface area contributed by atoms with Crippen molar-refractivity contribution < 1.29 is 22.0 Å². The third-order valence-electron chi connectivity index (χ3n) is 3.61. The fraction of sp³-hybridized carbons (Fsp3) is 0.0625. The number of rotatable bonds is 3. The molecule has 1 aliphatic rings. The van der Waals surface area contributed by atoms with E-state index in [1.54, 1.807) is 6.07 Å². The zero-order chi connectivity index (χ0) is 17.5. The summed E-state index contributed by atoms with van der Waals surface area (Å²) < 4.78 is 53.3. The van der Waals surface area contributed by atoms with Gasteiger partial charge >= 0.3 is 0 Å². The number of carbonyl (C=O) groups is 1. The summed E-state index contributed by atoms with van der Waals surface area (Å²) >= 11 is 0. The third kappa shape index (κ3) is 2.70. The van der Waals surface area contributed by atoms with Crippen LogP contribution in [0.4, 0.5) is 14.5 Å². The molecule has 2 N–H and O–H groups in total. The van der Waals surface area contributed by atoms with Crippen molar-refractivity contribution in [2.45, 2.75) is 4.90 Å². The van der Waals surface area contributed by atoms with Crippen molar-refractivity contribution in [2.24, 2.45) is 0 Å². The molecule has 0 saturated heterocycles. The summed E-state index contributed by atoms with van der Waals surface area (Å²) in [7, 11) is -2.38. The van der Waals surface area contributed by atoms with Crippen LogP contribution in [0, 0.1) is 11.6 Å². The van der Waals surface area contributed by atoms with Crippen molar-refractivity contribution in [3.05, 3.63) is 59.2 Å². The van der Waals surface area contributed by atoms with Gasteiger partial charge in [-0.05, 0) is 43.0 Å². The topological polar surface area (TPSA) is 75.3 Å². The minimum Gasteiger partial charge on any atom is -0.321 e. The molecule has 0 fully saturated rings. The minimum atomic E-state index is -3.66. The number of hydrogen-bond donors (Lipinski definition) is 2. The lowest BCUT2D eigenvalue weighted by Crippen LogP contribution is -2.18. The predicted molar refractivity (Wildman–Crippen MR) is 85.5 cm³/mol. The Kier molecular flexibility index (Phi) is 3.94. The van der Waals surface area contributed by atoms with E-state index in [1.165, 1.54) is 37.4 Å². The monoisotopic (exact) mass is 350 g/mol. The summed E-state index contributed by atoms with van der Waals surface area (Å²) in [6, 6.07) is 7.97. The Labute approximate surface area is 137 Å². The molecule has 0 atom stereocenters. The molecule has 124 valence electrons. The maximum absolute atomic E-state index is 14.0. The lowest BCUT2D eigenvalue weighted by Gasteiger charge is -2.04. The van der Waals surface area contributed by atoms with Crippen molar-refractivity contribution >= 4 is 33.3 Å². The fourth-order valence-electron chi connectivity index (χ4n) is 2.42. The van der Waals surface area contributed by atoms with E-state index in [0.717, 1.165) is 6.07 Å². The average molecular weight is 350 g/mol. The van der Waals surface area contributed by atoms with Crippen LogP contribution in [0.25, 0.3) is 11.6 Å². The smallest absolute Gasteiger partial charge is 0.256 e. The molecule has 1 aliphatic heterocycles. The number of benzene rings is 2. The van der Waals surface area contributed by atoms with Crippen molar-refractivity contribution in [1.29, 1.82) is 0 Å². The van der Waals surface area contributed by atoms with Crippen LogP contribution in [0.2, 0.25) is 0 Å². The molecule has 24 heavy (non-hydrogen) atoms. The number of carbonyl (C=O) groups excluding carboxylic acids is 1. The molecule has 0 saturated carbocycles. The quantitative estimate of drug-likeness (QED) is 0.835. The lowest BCUT2D eigenvalue weighted by atomic mass is 10.0. The largest absolute Gasteiger partial charge is 0.321 e. The van der Waals surface area contributed by atoms with Gasteiger partial charge in [0, 0.05) is 5.56 Å². The van der Waals surface area contributed by atoms with Crippen LogP contribution >= 0.6 is 0 Å². The molecule has 8 heteroatoms. The summed E-state index contributed by atoms with van der Waals surface area (Å²) in [5.41, 5.74) is 0.306. The highest BCUT2D eigenvalue weighted by Crippen LogP contribution is 2.36. The van der Waals surface area contributed by atoms with E-state index >= 15 is 0 Å². The minimum absolute atomic E-state index is 0.00214. The van der Waals surface area contributed by atoms with E-state index in [1.807, 2.05) is 0 Å². The van der Waals surface area contributed by atoms with Gasteiger partial charge in [0.05, 0.1) is 16.2 Å². The molecule has 2 aromatic carbocycles. The highest BCUT2D eigenvalue weighted by Gasteiger charge is 2.29. The Morgan fingerprint density at radius 1 is 1.17 bits per heavy atom. The summed E-state index contributed by atoms with van der Waals surface area (Å²) in [4.78, 5) is 12.0. The first-order valence-corrected chi connectivity index (χ1v) is 8.37. The zero-order valence-electron chi connectivity index (χ0n) is 12.4. The Bertz CT molecular complexity index is 985. The molecular formula is C16H12F2N2O3S. The highest BCUT2D eigenvalue weighted by atomic mass is 32.2. The van der Waals surface area contributed by atoms with Crippen LogP contribution < -0.4 is 10.0 Å². The number of nitrogens with one attached hydrogen (secondary N) is 2. The third-order valence-corrected chi connectivity index (χ3v) is 5.02. The molecule has 0 spiro atoms. The van der Waals surface area contributed by atoms with Gasteiger partial charge in [-0.25, -0.2) is 21.9 Å². The second kappa shape index (κ2) is 5.81. The van der Waals surface area contributed by atoms with Crippen LogP contribution in [0.3, 0.4) is 0 Å². The van der Waals surface area contributed by atoms with Crippen LogP contribution in [0.15, 0.2) is 41.3 Å². The SMILES string of the molecule is CNS(=O)(=O)c1cccc(/C=C2\C(=O)Nc3ccc(F)c(F)c32)c1. The summed E-state index contributed by atoms with van der Waals surface area (Å²) in [5.74, 6) is -2.78. The van der Waals surface area contributed by atoms with Gasteiger partial charge in [0.1, 0.15) is 0 Å². The number of fused-ring (bicyclic) bond motifs is 1. The molecule has 1 amide bonds. The van der Waals surface area contributed by atoms with Gasteiger partial charge in [-0.2, -0.15) is 0 Å². The Morgan fingerprint density at radius 2 is 1.92 bits per heavy atom. The van der Waals surface area contributed by atoms with E-state index < -0.39 is 27.6 Å². The van der Waals surface area contributed by atoms with Crippen molar-refractivity contribution in [3.63, 3.8) is 0 Å². The van der Waals surface area contributed by atoms with Crippen LogP contribution in [0.5, 0.6) is 0 Å². The summed E-state index contributed by atoms with van der Waals surface area (Å²) in [6.45, 7) is 0. The van der Waals surface area contributed by atoms with Crippen molar-refractivity contribution in [3.8, 4) is 0 Å². The molecule has 3 rings (SSSR count). The van der Waals surface area contributed by atoms with E-state index in [4.69, 9.17) is 0 Å². The number of amides is 1. The van der Waals surface area contributed by atoms with Gasteiger partial charge < -0.3 is 5.32 Å². The predicted octanol–water partition coefficient (Wildman–Crippen LogP) is 2.37. The molecule has 5 nitrogen and oxygen atoms in total. The number of sulfonamides is 1. The first-order chi connectivity index (χ1) is 11.3. The van der Waals surface area contributed by atoms with Crippen molar-refractivity contribution in [1.82, 2.24) is 4.72 Å². The van der Waals surface area contributed by atoms with Crippen LogP contribution in [-0.2, 0) is 14.8 Å². The van der Waals surface area contributed by atoms with Gasteiger partial charge in [0.25, 0.3) is 5.91 Å². The maximum Gasteiger partial charge on any atom is 0.256 e. The summed E-state index contributed by atoms with van der Waals surface area (Å²) in [5, 5.41) is 2.45. The Hall–Kier alpha value is -2.58. The van der Waals surface area contributed by atoms with E-state index in [9.17, 15) is 22.0 Å². The van der Waals surface area contributed by atoms with Crippen molar-refractivity contribution in [2.75, 3.05) is 12.4 Å². The second-order valence-electron chi connectivity index (χ2n) is 5.08. The number of halogens is 2. The second-order valence-corrected chi connectivity index (χ2v) is 6.96. The fourth-order valence-corrected chi connectivity index (χ4v) is 3.20. The molecule has 0 bridgehead atoms. The maximum atomic E-state index is 14.0. The lowest BCUT2D eigenvalue weighted by molar-refractivity contribution is -0.110. The molecule has 1 heterocycles. The molecule has 0 aromatic heterocycles. The van der Waals surface area contributed by atoms with Gasteiger partial charge in [-0.1, -0.05) is 12.1 Å². The zero-order valence-corrected chi connectivity index (χ0v) is 13.2. The number of hydrogen-bond acceptors (Lipinski definition) is 3. The van der Waals surface area contributed by atoms with E-state index in [-0.39, 0.29) is 21.7 Å². The first kappa shape index (κ1) is 16.3. The van der Waals surface area contributed by atoms with E-state index in [2.05, 4.69) is 10.0 Å². The molecule has 0 aliphatic carbocycles. The van der Waals surface area contributed by atoms with Gasteiger partial charge in [0.15, 0.2) is 11.6 Å². The Balaban J connectivity index is 2.13. The van der Waals surface area contributed by atoms with Gasteiger partial charge in [-0.3, -0.25) is 4.79 Å². The van der Waals surface area contributed by atoms with Crippen LogP contribution in [0.1, 0.15) is 11.1 Å². The molecule has 2 aromatic rings. The summed E-state index contributed by atoms with van der Waals surface area (Å²) in [6.07, 6.45) is 1.32.